The van der Waals surface area contributed by atoms with Gasteiger partial charge in [-0.2, -0.15) is 0 Å². The molecule has 0 spiro atoms. The molecule has 1 amide bonds. The van der Waals surface area contributed by atoms with Gasteiger partial charge in [0.25, 0.3) is 0 Å². The quantitative estimate of drug-likeness (QED) is 0.305. The van der Waals surface area contributed by atoms with Crippen molar-refractivity contribution in [1.29, 1.82) is 0 Å². The van der Waals surface area contributed by atoms with Crippen molar-refractivity contribution < 1.29 is 14.3 Å². The molecule has 3 N–H and O–H groups in total. The average molecular weight is 561 g/mol. The number of nitrogens with zero attached hydrogens (tertiary/aromatic N) is 1. The van der Waals surface area contributed by atoms with Crippen LogP contribution in [0.1, 0.15) is 76.0 Å². The number of carbonyl (C=O) groups is 1. The first kappa shape index (κ1) is 36.4. The molecule has 0 bridgehead atoms. The Morgan fingerprint density at radius 3 is 2.23 bits per heavy atom. The van der Waals surface area contributed by atoms with Gasteiger partial charge in [0.2, 0.25) is 5.91 Å². The number of carbonyl (C=O) groups excluding carboxylic acids is 1. The lowest BCUT2D eigenvalue weighted by Crippen LogP contribution is -2.20. The molecule has 2 aromatic rings. The van der Waals surface area contributed by atoms with E-state index in [1.807, 2.05) is 25.1 Å². The fourth-order valence-corrected chi connectivity index (χ4v) is 4.74. The van der Waals surface area contributed by atoms with Gasteiger partial charge in [-0.1, -0.05) is 76.1 Å². The van der Waals surface area contributed by atoms with E-state index < -0.39 is 0 Å². The summed E-state index contributed by atoms with van der Waals surface area (Å²) < 4.78 is 12.9. The van der Waals surface area contributed by atoms with Crippen LogP contribution in [0.5, 0.6) is 0 Å². The van der Waals surface area contributed by atoms with Crippen molar-refractivity contribution >= 4 is 17.5 Å². The Labute approximate surface area is 241 Å². The Morgan fingerprint density at radius 1 is 1.21 bits per heavy atom. The summed E-state index contributed by atoms with van der Waals surface area (Å²) in [7, 11) is 0. The molecule has 1 fully saturated rings. The van der Waals surface area contributed by atoms with Gasteiger partial charge in [0.15, 0.2) is 0 Å². The molecule has 0 aliphatic carbocycles. The van der Waals surface area contributed by atoms with Crippen LogP contribution >= 0.6 is 11.6 Å². The molecule has 1 saturated heterocycles. The standard InChI is InChI=1S/C15H20ClN.C14H21FO.C2H5NO.C2H4/c1-11-6-7-17(10-11)13(3)9-14-4-5-15(16)12(2)8-14;1-3-5-14(11(4-2)10-16)12-6-8-13(15)9-7-12;1-2(3)4;1-2/h4-5,8,11H,3,6-7,9-10H2,1-2H3;6-9,11,14,16H,3-5,10H2,1-2H3;1H3,(H2,3,4);1-2H2. The molecule has 4 nitrogen and oxygen atoms in total. The zero-order chi connectivity index (χ0) is 30.0. The van der Waals surface area contributed by atoms with Crippen molar-refractivity contribution in [2.75, 3.05) is 19.7 Å². The van der Waals surface area contributed by atoms with Crippen LogP contribution < -0.4 is 5.73 Å². The van der Waals surface area contributed by atoms with E-state index in [1.165, 1.54) is 36.7 Å². The number of halogens is 2. The molecule has 0 aromatic heterocycles. The summed E-state index contributed by atoms with van der Waals surface area (Å²) in [4.78, 5) is 11.6. The largest absolute Gasteiger partial charge is 0.396 e. The third-order valence-corrected chi connectivity index (χ3v) is 7.15. The van der Waals surface area contributed by atoms with Gasteiger partial charge in [0, 0.05) is 43.8 Å². The fourth-order valence-electron chi connectivity index (χ4n) is 4.62. The van der Waals surface area contributed by atoms with Gasteiger partial charge in [-0.05, 0) is 72.4 Å². The summed E-state index contributed by atoms with van der Waals surface area (Å²) in [5.74, 6) is 0.903. The number of allylic oxidation sites excluding steroid dienone is 1. The number of rotatable bonds is 9. The molecule has 39 heavy (non-hydrogen) atoms. The first-order valence-corrected chi connectivity index (χ1v) is 14.2. The van der Waals surface area contributed by atoms with Crippen LogP contribution in [0.15, 0.2) is 67.9 Å². The zero-order valence-electron chi connectivity index (χ0n) is 24.7. The molecule has 0 saturated carbocycles. The SMILES string of the molecule is C=C.C=C(Cc1ccc(Cl)c(C)c1)N1CCC(C)C1.CC(N)=O.CCCC(c1ccc(F)cc1)C(CC)CO. The number of likely N-dealkylation sites (tertiary alicyclic amines) is 1. The summed E-state index contributed by atoms with van der Waals surface area (Å²) in [5.41, 5.74) is 9.29. The van der Waals surface area contributed by atoms with Crippen molar-refractivity contribution in [2.45, 2.75) is 72.6 Å². The number of amides is 1. The predicted molar refractivity (Wildman–Crippen MR) is 165 cm³/mol. The van der Waals surface area contributed by atoms with E-state index in [0.717, 1.165) is 60.8 Å². The van der Waals surface area contributed by atoms with Crippen LogP contribution in [0.4, 0.5) is 4.39 Å². The van der Waals surface area contributed by atoms with E-state index in [1.54, 1.807) is 0 Å². The van der Waals surface area contributed by atoms with Crippen LogP contribution in [0.2, 0.25) is 5.02 Å². The van der Waals surface area contributed by atoms with Crippen LogP contribution in [0, 0.1) is 24.6 Å². The molecule has 3 atom stereocenters. The van der Waals surface area contributed by atoms with Gasteiger partial charge in [0.05, 0.1) is 0 Å². The van der Waals surface area contributed by atoms with Gasteiger partial charge in [-0.15, -0.1) is 13.2 Å². The summed E-state index contributed by atoms with van der Waals surface area (Å²) in [6, 6.07) is 12.9. The fraction of sp³-hybridized carbons (Fsp3) is 0.485. The van der Waals surface area contributed by atoms with Crippen LogP contribution in [-0.4, -0.2) is 35.6 Å². The van der Waals surface area contributed by atoms with Gasteiger partial charge >= 0.3 is 0 Å². The summed E-state index contributed by atoms with van der Waals surface area (Å²) >= 11 is 6.03. The lowest BCUT2D eigenvalue weighted by Gasteiger charge is -2.24. The molecule has 1 heterocycles. The van der Waals surface area contributed by atoms with Crippen molar-refractivity contribution in [1.82, 2.24) is 4.90 Å². The summed E-state index contributed by atoms with van der Waals surface area (Å²) in [6.07, 6.45) is 5.31. The molecular formula is C33H50ClFN2O2. The molecule has 1 aliphatic rings. The Balaban J connectivity index is 0.000000618. The number of hydrogen-bond donors (Lipinski definition) is 2. The highest BCUT2D eigenvalue weighted by atomic mass is 35.5. The Hall–Kier alpha value is -2.63. The van der Waals surface area contributed by atoms with Gasteiger partial charge in [-0.3, -0.25) is 4.79 Å². The van der Waals surface area contributed by atoms with Crippen molar-refractivity contribution in [3.63, 3.8) is 0 Å². The zero-order valence-corrected chi connectivity index (χ0v) is 25.4. The minimum Gasteiger partial charge on any atom is -0.396 e. The van der Waals surface area contributed by atoms with E-state index >= 15 is 0 Å². The minimum atomic E-state index is -0.333. The topological polar surface area (TPSA) is 66.6 Å². The highest BCUT2D eigenvalue weighted by molar-refractivity contribution is 6.31. The van der Waals surface area contributed by atoms with Crippen LogP contribution in [-0.2, 0) is 11.2 Å². The number of aryl methyl sites for hydroxylation is 1. The second-order valence-corrected chi connectivity index (χ2v) is 10.5. The summed E-state index contributed by atoms with van der Waals surface area (Å²) in [5, 5.41) is 10.2. The lowest BCUT2D eigenvalue weighted by molar-refractivity contribution is -0.115. The molecule has 3 unspecified atom stereocenters. The monoisotopic (exact) mass is 560 g/mol. The van der Waals surface area contributed by atoms with Crippen LogP contribution in [0.25, 0.3) is 0 Å². The highest BCUT2D eigenvalue weighted by Gasteiger charge is 2.21. The first-order chi connectivity index (χ1) is 18.5. The number of primary amides is 1. The molecule has 1 aliphatic heterocycles. The third-order valence-electron chi connectivity index (χ3n) is 6.73. The predicted octanol–water partition coefficient (Wildman–Crippen LogP) is 8.07. The molecule has 6 heteroatoms. The molecule has 0 radical (unpaired) electrons. The number of aliphatic hydroxyl groups excluding tert-OH is 1. The normalized spacial score (nSPS) is 15.4. The van der Waals surface area contributed by atoms with Crippen molar-refractivity contribution in [3.8, 4) is 0 Å². The second-order valence-electron chi connectivity index (χ2n) is 10.1. The Bertz CT molecular complexity index is 972. The smallest absolute Gasteiger partial charge is 0.214 e. The van der Waals surface area contributed by atoms with Crippen molar-refractivity contribution in [2.24, 2.45) is 17.6 Å². The van der Waals surface area contributed by atoms with E-state index in [2.05, 4.69) is 63.3 Å². The first-order valence-electron chi connectivity index (χ1n) is 13.8. The Morgan fingerprint density at radius 2 is 1.79 bits per heavy atom. The number of nitrogens with two attached hydrogens (primary N) is 1. The molecule has 218 valence electrons. The third kappa shape index (κ3) is 14.4. The van der Waals surface area contributed by atoms with Gasteiger partial charge in [0.1, 0.15) is 5.82 Å². The minimum absolute atomic E-state index is 0.198. The van der Waals surface area contributed by atoms with Gasteiger partial charge in [-0.25, -0.2) is 4.39 Å². The maximum absolute atomic E-state index is 12.9. The molecule has 2 aromatic carbocycles. The van der Waals surface area contributed by atoms with Crippen LogP contribution in [0.3, 0.4) is 0 Å². The van der Waals surface area contributed by atoms with E-state index in [4.69, 9.17) is 11.6 Å². The maximum atomic E-state index is 12.9. The maximum Gasteiger partial charge on any atom is 0.214 e. The van der Waals surface area contributed by atoms with E-state index in [-0.39, 0.29) is 24.2 Å². The Kier molecular flexibility index (Phi) is 18.9. The lowest BCUT2D eigenvalue weighted by atomic mass is 9.82. The van der Waals surface area contributed by atoms with E-state index in [0.29, 0.717) is 5.92 Å². The summed E-state index contributed by atoms with van der Waals surface area (Å²) in [6.45, 7) is 22.6. The van der Waals surface area contributed by atoms with Gasteiger partial charge < -0.3 is 15.7 Å². The highest BCUT2D eigenvalue weighted by Crippen LogP contribution is 2.31. The average Bonchev–Trinajstić information content (AvgIpc) is 3.35. The number of hydrogen-bond acceptors (Lipinski definition) is 3. The van der Waals surface area contributed by atoms with Crippen molar-refractivity contribution in [3.05, 3.63) is 95.4 Å². The molecular weight excluding hydrogens is 511 g/mol. The number of aliphatic hydroxyl groups is 1. The van der Waals surface area contributed by atoms with E-state index in [9.17, 15) is 14.3 Å². The molecule has 3 rings (SSSR count). The number of benzene rings is 2. The second kappa shape index (κ2) is 20.3.